The van der Waals surface area contributed by atoms with E-state index in [4.69, 9.17) is 10.5 Å². The third-order valence-corrected chi connectivity index (χ3v) is 4.29. The second-order valence-corrected chi connectivity index (χ2v) is 6.84. The molecule has 2 aromatic heterocycles. The first kappa shape index (κ1) is 13.0. The van der Waals surface area contributed by atoms with Crippen molar-refractivity contribution in [2.75, 3.05) is 13.2 Å². The standard InChI is InChI=1S/C12H19N5OS/c1-12(2,13)5-3-9-16-17-10(8-4-6-18-7-8)14-15-11(17)19-9/h8H,3-7,13H2,1-2H3. The van der Waals surface area contributed by atoms with Gasteiger partial charge in [-0.2, -0.15) is 9.61 Å². The van der Waals surface area contributed by atoms with Crippen molar-refractivity contribution in [1.29, 1.82) is 0 Å². The summed E-state index contributed by atoms with van der Waals surface area (Å²) in [5, 5.41) is 14.1. The first-order valence-electron chi connectivity index (χ1n) is 6.60. The Balaban J connectivity index is 1.81. The topological polar surface area (TPSA) is 78.3 Å². The average Bonchev–Trinajstić information content (AvgIpc) is 3.00. The Morgan fingerprint density at radius 3 is 3.00 bits per heavy atom. The highest BCUT2D eigenvalue weighted by Crippen LogP contribution is 2.26. The summed E-state index contributed by atoms with van der Waals surface area (Å²) >= 11 is 1.60. The molecule has 1 aliphatic heterocycles. The molecule has 0 aliphatic carbocycles. The molecule has 0 amide bonds. The zero-order valence-corrected chi connectivity index (χ0v) is 12.1. The number of aromatic nitrogens is 4. The third-order valence-electron chi connectivity index (χ3n) is 3.33. The first-order valence-corrected chi connectivity index (χ1v) is 7.42. The quantitative estimate of drug-likeness (QED) is 0.915. The first-order chi connectivity index (χ1) is 9.03. The lowest BCUT2D eigenvalue weighted by Crippen LogP contribution is -2.32. The molecule has 19 heavy (non-hydrogen) atoms. The molecule has 7 heteroatoms. The van der Waals surface area contributed by atoms with Crippen LogP contribution in [0, 0.1) is 0 Å². The summed E-state index contributed by atoms with van der Waals surface area (Å²) in [6, 6.07) is 0. The van der Waals surface area contributed by atoms with Crippen molar-refractivity contribution in [3.8, 4) is 0 Å². The zero-order chi connectivity index (χ0) is 13.5. The van der Waals surface area contributed by atoms with Crippen LogP contribution in [0.3, 0.4) is 0 Å². The Kier molecular flexibility index (Phi) is 3.28. The summed E-state index contributed by atoms with van der Waals surface area (Å²) in [6.45, 7) is 5.60. The molecule has 1 aliphatic rings. The summed E-state index contributed by atoms with van der Waals surface area (Å²) in [5.74, 6) is 1.26. The maximum absolute atomic E-state index is 6.01. The third kappa shape index (κ3) is 2.77. The minimum atomic E-state index is -0.159. The van der Waals surface area contributed by atoms with Crippen LogP contribution in [-0.4, -0.2) is 38.6 Å². The van der Waals surface area contributed by atoms with E-state index in [2.05, 4.69) is 15.3 Å². The molecule has 104 valence electrons. The smallest absolute Gasteiger partial charge is 0.234 e. The van der Waals surface area contributed by atoms with Gasteiger partial charge in [0.25, 0.3) is 0 Å². The van der Waals surface area contributed by atoms with Crippen LogP contribution in [0.1, 0.15) is 43.4 Å². The predicted octanol–water partition coefficient (Wildman–Crippen LogP) is 1.36. The molecular weight excluding hydrogens is 262 g/mol. The summed E-state index contributed by atoms with van der Waals surface area (Å²) in [4.78, 5) is 0.867. The molecule has 0 saturated carbocycles. The van der Waals surface area contributed by atoms with Crippen LogP contribution in [-0.2, 0) is 11.2 Å². The molecule has 2 aromatic rings. The summed E-state index contributed by atoms with van der Waals surface area (Å²) in [7, 11) is 0. The molecule has 1 fully saturated rings. The zero-order valence-electron chi connectivity index (χ0n) is 11.3. The fourth-order valence-corrected chi connectivity index (χ4v) is 3.03. The summed E-state index contributed by atoms with van der Waals surface area (Å²) in [5.41, 5.74) is 5.85. The van der Waals surface area contributed by atoms with Gasteiger partial charge in [-0.3, -0.25) is 0 Å². The highest BCUT2D eigenvalue weighted by atomic mass is 32.1. The van der Waals surface area contributed by atoms with E-state index >= 15 is 0 Å². The molecule has 0 aromatic carbocycles. The Hall–Kier alpha value is -1.05. The number of aryl methyl sites for hydroxylation is 1. The molecule has 1 unspecified atom stereocenters. The van der Waals surface area contributed by atoms with Gasteiger partial charge >= 0.3 is 0 Å². The van der Waals surface area contributed by atoms with Crippen LogP contribution in [0.2, 0.25) is 0 Å². The van der Waals surface area contributed by atoms with E-state index in [9.17, 15) is 0 Å². The van der Waals surface area contributed by atoms with E-state index in [-0.39, 0.29) is 5.54 Å². The van der Waals surface area contributed by atoms with Gasteiger partial charge < -0.3 is 10.5 Å². The van der Waals surface area contributed by atoms with Crippen molar-refractivity contribution in [3.63, 3.8) is 0 Å². The highest BCUT2D eigenvalue weighted by Gasteiger charge is 2.25. The van der Waals surface area contributed by atoms with E-state index < -0.39 is 0 Å². The highest BCUT2D eigenvalue weighted by molar-refractivity contribution is 7.16. The molecule has 3 rings (SSSR count). The van der Waals surface area contributed by atoms with E-state index in [0.29, 0.717) is 5.92 Å². The summed E-state index contributed by atoms with van der Waals surface area (Å²) < 4.78 is 7.28. The second-order valence-electron chi connectivity index (χ2n) is 5.80. The normalized spacial score (nSPS) is 20.5. The van der Waals surface area contributed by atoms with Crippen molar-refractivity contribution in [2.45, 2.75) is 44.6 Å². The fraction of sp³-hybridized carbons (Fsp3) is 0.750. The monoisotopic (exact) mass is 281 g/mol. The van der Waals surface area contributed by atoms with Gasteiger partial charge in [0, 0.05) is 24.5 Å². The van der Waals surface area contributed by atoms with Crippen molar-refractivity contribution < 1.29 is 4.74 Å². The van der Waals surface area contributed by atoms with Gasteiger partial charge in [0.1, 0.15) is 5.01 Å². The Labute approximate surface area is 116 Å². The lowest BCUT2D eigenvalue weighted by molar-refractivity contribution is 0.193. The van der Waals surface area contributed by atoms with Crippen LogP contribution in [0.4, 0.5) is 0 Å². The van der Waals surface area contributed by atoms with Crippen molar-refractivity contribution in [1.82, 2.24) is 19.8 Å². The second kappa shape index (κ2) is 4.81. The van der Waals surface area contributed by atoms with E-state index in [1.54, 1.807) is 11.3 Å². The number of rotatable bonds is 4. The van der Waals surface area contributed by atoms with Gasteiger partial charge in [-0.15, -0.1) is 10.2 Å². The van der Waals surface area contributed by atoms with Gasteiger partial charge in [-0.25, -0.2) is 0 Å². The fourth-order valence-electron chi connectivity index (χ4n) is 2.19. The minimum absolute atomic E-state index is 0.159. The summed E-state index contributed by atoms with van der Waals surface area (Å²) in [6.07, 6.45) is 2.81. The van der Waals surface area contributed by atoms with Gasteiger partial charge in [-0.1, -0.05) is 11.3 Å². The van der Waals surface area contributed by atoms with E-state index in [1.165, 1.54) is 0 Å². The van der Waals surface area contributed by atoms with Gasteiger partial charge in [0.2, 0.25) is 4.96 Å². The number of ether oxygens (including phenoxy) is 1. The number of hydrogen-bond acceptors (Lipinski definition) is 6. The van der Waals surface area contributed by atoms with Crippen LogP contribution in [0.5, 0.6) is 0 Å². The van der Waals surface area contributed by atoms with Crippen LogP contribution < -0.4 is 5.73 Å². The van der Waals surface area contributed by atoms with Gasteiger partial charge in [0.05, 0.1) is 6.61 Å². The van der Waals surface area contributed by atoms with Crippen LogP contribution in [0.15, 0.2) is 0 Å². The Morgan fingerprint density at radius 2 is 2.32 bits per heavy atom. The molecule has 6 nitrogen and oxygen atoms in total. The SMILES string of the molecule is CC(C)(N)CCc1nn2c(C3CCOC3)nnc2s1. The Bertz CT molecular complexity index is 564. The number of nitrogens with two attached hydrogens (primary N) is 1. The van der Waals surface area contributed by atoms with Crippen LogP contribution >= 0.6 is 11.3 Å². The number of nitrogens with zero attached hydrogens (tertiary/aromatic N) is 4. The van der Waals surface area contributed by atoms with Crippen molar-refractivity contribution in [2.24, 2.45) is 5.73 Å². The molecule has 3 heterocycles. The van der Waals surface area contributed by atoms with Crippen LogP contribution in [0.25, 0.3) is 4.96 Å². The maximum atomic E-state index is 6.01. The Morgan fingerprint density at radius 1 is 1.47 bits per heavy atom. The van der Waals surface area contributed by atoms with E-state index in [0.717, 1.165) is 48.3 Å². The van der Waals surface area contributed by atoms with Crippen molar-refractivity contribution >= 4 is 16.3 Å². The molecule has 0 radical (unpaired) electrons. The minimum Gasteiger partial charge on any atom is -0.381 e. The van der Waals surface area contributed by atoms with Crippen molar-refractivity contribution in [3.05, 3.63) is 10.8 Å². The lowest BCUT2D eigenvalue weighted by atomic mass is 10.0. The molecule has 0 bridgehead atoms. The molecule has 1 atom stereocenters. The largest absolute Gasteiger partial charge is 0.381 e. The maximum Gasteiger partial charge on any atom is 0.234 e. The average molecular weight is 281 g/mol. The van der Waals surface area contributed by atoms with Gasteiger partial charge in [0.15, 0.2) is 5.82 Å². The van der Waals surface area contributed by atoms with E-state index in [1.807, 2.05) is 18.4 Å². The number of hydrogen-bond donors (Lipinski definition) is 1. The predicted molar refractivity (Wildman–Crippen MR) is 73.4 cm³/mol. The molecule has 0 spiro atoms. The lowest BCUT2D eigenvalue weighted by Gasteiger charge is -2.16. The molecule has 1 saturated heterocycles. The van der Waals surface area contributed by atoms with Gasteiger partial charge in [-0.05, 0) is 26.7 Å². The molecular formula is C12H19N5OS. The number of fused-ring (bicyclic) bond motifs is 1. The molecule has 2 N–H and O–H groups in total.